The monoisotopic (exact) mass is 247 g/mol. The molecule has 0 atom stereocenters. The first kappa shape index (κ1) is 12.2. The minimum absolute atomic E-state index is 0.835. The molecule has 3 nitrogen and oxygen atoms in total. The summed E-state index contributed by atoms with van der Waals surface area (Å²) in [5.41, 5.74) is 4.46. The zero-order chi connectivity index (χ0) is 12.3. The second kappa shape index (κ2) is 5.38. The second-order valence-corrected chi connectivity index (χ2v) is 4.77. The molecule has 0 aliphatic carbocycles. The molecular formula is C13H17N3S. The van der Waals surface area contributed by atoms with Gasteiger partial charge >= 0.3 is 0 Å². The Morgan fingerprint density at radius 1 is 1.24 bits per heavy atom. The van der Waals surface area contributed by atoms with Gasteiger partial charge in [0.15, 0.2) is 5.82 Å². The van der Waals surface area contributed by atoms with Crippen molar-refractivity contribution in [2.75, 3.05) is 6.54 Å². The molecule has 0 saturated carbocycles. The highest BCUT2D eigenvalue weighted by Crippen LogP contribution is 2.20. The van der Waals surface area contributed by atoms with Gasteiger partial charge in [-0.1, -0.05) is 6.92 Å². The third-order valence-electron chi connectivity index (χ3n) is 2.75. The van der Waals surface area contributed by atoms with Crippen LogP contribution in [0.1, 0.15) is 23.9 Å². The highest BCUT2D eigenvalue weighted by atomic mass is 32.1. The highest BCUT2D eigenvalue weighted by molar-refractivity contribution is 7.08. The van der Waals surface area contributed by atoms with E-state index in [0.717, 1.165) is 35.9 Å². The molecule has 0 fully saturated rings. The number of hydrogen-bond acceptors (Lipinski definition) is 4. The summed E-state index contributed by atoms with van der Waals surface area (Å²) in [5.74, 6) is 0.835. The zero-order valence-electron chi connectivity index (χ0n) is 10.4. The molecule has 2 aromatic heterocycles. The minimum atomic E-state index is 0.835. The summed E-state index contributed by atoms with van der Waals surface area (Å²) in [6.07, 6.45) is 0. The van der Waals surface area contributed by atoms with Crippen molar-refractivity contribution in [3.8, 4) is 11.4 Å². The van der Waals surface area contributed by atoms with Crippen molar-refractivity contribution in [3.05, 3.63) is 33.8 Å². The van der Waals surface area contributed by atoms with Gasteiger partial charge in [0, 0.05) is 34.4 Å². The quantitative estimate of drug-likeness (QED) is 0.902. The Balaban J connectivity index is 2.35. The fraction of sp³-hybridized carbons (Fsp3) is 0.385. The topological polar surface area (TPSA) is 37.8 Å². The molecule has 0 unspecified atom stereocenters. The van der Waals surface area contributed by atoms with E-state index >= 15 is 0 Å². The van der Waals surface area contributed by atoms with Crippen molar-refractivity contribution < 1.29 is 0 Å². The number of rotatable bonds is 4. The Morgan fingerprint density at radius 2 is 1.94 bits per heavy atom. The largest absolute Gasteiger partial charge is 0.313 e. The summed E-state index contributed by atoms with van der Waals surface area (Å²) in [6, 6.07) is 2.06. The molecule has 2 heterocycles. The van der Waals surface area contributed by atoms with Gasteiger partial charge in [-0.2, -0.15) is 11.3 Å². The molecule has 90 valence electrons. The van der Waals surface area contributed by atoms with E-state index in [1.54, 1.807) is 11.3 Å². The van der Waals surface area contributed by atoms with Crippen LogP contribution < -0.4 is 5.32 Å². The lowest BCUT2D eigenvalue weighted by Gasteiger charge is -2.10. The molecule has 4 heteroatoms. The van der Waals surface area contributed by atoms with Crippen molar-refractivity contribution in [1.29, 1.82) is 0 Å². The van der Waals surface area contributed by atoms with Gasteiger partial charge in [-0.3, -0.25) is 0 Å². The van der Waals surface area contributed by atoms with Gasteiger partial charge < -0.3 is 5.32 Å². The summed E-state index contributed by atoms with van der Waals surface area (Å²) in [4.78, 5) is 9.17. The van der Waals surface area contributed by atoms with Crippen LogP contribution in [0.4, 0.5) is 0 Å². The Kier molecular flexibility index (Phi) is 3.86. The van der Waals surface area contributed by atoms with Crippen LogP contribution in [-0.4, -0.2) is 16.5 Å². The average molecular weight is 247 g/mol. The van der Waals surface area contributed by atoms with E-state index < -0.39 is 0 Å². The van der Waals surface area contributed by atoms with Crippen LogP contribution >= 0.6 is 11.3 Å². The van der Waals surface area contributed by atoms with Crippen LogP contribution in [0.25, 0.3) is 11.4 Å². The highest BCUT2D eigenvalue weighted by Gasteiger charge is 2.09. The predicted octanol–water partition coefficient (Wildman–Crippen LogP) is 2.93. The first-order valence-corrected chi connectivity index (χ1v) is 6.74. The van der Waals surface area contributed by atoms with E-state index in [1.807, 2.05) is 0 Å². The predicted molar refractivity (Wildman–Crippen MR) is 72.2 cm³/mol. The Bertz CT molecular complexity index is 468. The molecule has 17 heavy (non-hydrogen) atoms. The van der Waals surface area contributed by atoms with E-state index in [4.69, 9.17) is 0 Å². The fourth-order valence-electron chi connectivity index (χ4n) is 1.77. The van der Waals surface area contributed by atoms with Crippen LogP contribution in [-0.2, 0) is 6.54 Å². The Morgan fingerprint density at radius 3 is 2.47 bits per heavy atom. The van der Waals surface area contributed by atoms with Gasteiger partial charge in [0.05, 0.1) is 0 Å². The maximum absolute atomic E-state index is 4.58. The maximum Gasteiger partial charge on any atom is 0.160 e. The minimum Gasteiger partial charge on any atom is -0.313 e. The molecule has 0 spiro atoms. The summed E-state index contributed by atoms with van der Waals surface area (Å²) in [5, 5.41) is 7.46. The van der Waals surface area contributed by atoms with Gasteiger partial charge in [0.2, 0.25) is 0 Å². The van der Waals surface area contributed by atoms with Crippen molar-refractivity contribution in [1.82, 2.24) is 15.3 Å². The number of nitrogens with one attached hydrogen (secondary N) is 1. The SMILES string of the molecule is CCNCc1c(C)nc(-c2ccsc2)nc1C. The molecule has 1 N–H and O–H groups in total. The standard InChI is InChI=1S/C13H17N3S/c1-4-14-7-12-9(2)15-13(16-10(12)3)11-5-6-17-8-11/h5-6,8,14H,4,7H2,1-3H3. The molecule has 0 saturated heterocycles. The number of nitrogens with zero attached hydrogens (tertiary/aromatic N) is 2. The van der Waals surface area contributed by atoms with Crippen molar-refractivity contribution in [2.45, 2.75) is 27.3 Å². The van der Waals surface area contributed by atoms with Gasteiger partial charge in [-0.05, 0) is 31.8 Å². The smallest absolute Gasteiger partial charge is 0.160 e. The van der Waals surface area contributed by atoms with E-state index in [0.29, 0.717) is 0 Å². The molecule has 0 bridgehead atoms. The summed E-state index contributed by atoms with van der Waals surface area (Å²) < 4.78 is 0. The van der Waals surface area contributed by atoms with E-state index in [1.165, 1.54) is 5.56 Å². The number of aromatic nitrogens is 2. The summed E-state index contributed by atoms with van der Waals surface area (Å²) >= 11 is 1.67. The van der Waals surface area contributed by atoms with Crippen LogP contribution in [0.5, 0.6) is 0 Å². The maximum atomic E-state index is 4.58. The number of hydrogen-bond donors (Lipinski definition) is 1. The molecule has 0 aliphatic rings. The third kappa shape index (κ3) is 2.70. The van der Waals surface area contributed by atoms with Crippen molar-refractivity contribution in [2.24, 2.45) is 0 Å². The average Bonchev–Trinajstić information content (AvgIpc) is 2.81. The fourth-order valence-corrected chi connectivity index (χ4v) is 2.40. The van der Waals surface area contributed by atoms with Crippen LogP contribution in [0.2, 0.25) is 0 Å². The van der Waals surface area contributed by atoms with Crippen LogP contribution in [0, 0.1) is 13.8 Å². The van der Waals surface area contributed by atoms with Crippen molar-refractivity contribution in [3.63, 3.8) is 0 Å². The normalized spacial score (nSPS) is 10.8. The lowest BCUT2D eigenvalue weighted by atomic mass is 10.1. The Labute approximate surface area is 106 Å². The molecule has 2 rings (SSSR count). The van der Waals surface area contributed by atoms with Gasteiger partial charge in [0.1, 0.15) is 0 Å². The van der Waals surface area contributed by atoms with Gasteiger partial charge in [-0.15, -0.1) is 0 Å². The molecule has 0 aliphatic heterocycles. The lowest BCUT2D eigenvalue weighted by molar-refractivity contribution is 0.711. The second-order valence-electron chi connectivity index (χ2n) is 3.99. The lowest BCUT2D eigenvalue weighted by Crippen LogP contribution is -2.15. The van der Waals surface area contributed by atoms with Crippen molar-refractivity contribution >= 4 is 11.3 Å². The summed E-state index contributed by atoms with van der Waals surface area (Å²) in [6.45, 7) is 8.02. The molecule has 0 radical (unpaired) electrons. The first-order valence-electron chi connectivity index (χ1n) is 5.79. The first-order chi connectivity index (χ1) is 8.22. The molecule has 2 aromatic rings. The van der Waals surface area contributed by atoms with E-state index in [-0.39, 0.29) is 0 Å². The number of thiophene rings is 1. The van der Waals surface area contributed by atoms with Gasteiger partial charge in [-0.25, -0.2) is 9.97 Å². The molecule has 0 amide bonds. The Hall–Kier alpha value is -1.26. The summed E-state index contributed by atoms with van der Waals surface area (Å²) in [7, 11) is 0. The van der Waals surface area contributed by atoms with Gasteiger partial charge in [0.25, 0.3) is 0 Å². The molecule has 0 aromatic carbocycles. The number of aryl methyl sites for hydroxylation is 2. The third-order valence-corrected chi connectivity index (χ3v) is 3.44. The van der Waals surface area contributed by atoms with E-state index in [2.05, 4.69) is 52.9 Å². The zero-order valence-corrected chi connectivity index (χ0v) is 11.3. The van der Waals surface area contributed by atoms with Crippen LogP contribution in [0.15, 0.2) is 16.8 Å². The molecular weight excluding hydrogens is 230 g/mol. The van der Waals surface area contributed by atoms with Crippen LogP contribution in [0.3, 0.4) is 0 Å². The van der Waals surface area contributed by atoms with E-state index in [9.17, 15) is 0 Å².